The minimum Gasteiger partial charge on any atom is -0.478 e. The number of benzene rings is 1. The Bertz CT molecular complexity index is 714. The standard InChI is InChI=1S/C15H15N3O3/c19-13-5-7-18(8-6-16-13)14-11-4-2-1-3-10(11)12(9-17-14)15(20)21/h1-4,9H,5-8H2,(H,16,19)(H,20,21). The molecule has 21 heavy (non-hydrogen) atoms. The SMILES string of the molecule is O=C1CCN(c2ncc(C(=O)O)c3ccccc23)CCN1. The van der Waals surface area contributed by atoms with Gasteiger partial charge in [-0.3, -0.25) is 4.79 Å². The van der Waals surface area contributed by atoms with Gasteiger partial charge in [0.2, 0.25) is 5.91 Å². The Morgan fingerprint density at radius 3 is 2.76 bits per heavy atom. The second-order valence-corrected chi connectivity index (χ2v) is 4.93. The van der Waals surface area contributed by atoms with Crippen molar-refractivity contribution >= 4 is 28.5 Å². The molecular formula is C15H15N3O3. The number of amides is 1. The summed E-state index contributed by atoms with van der Waals surface area (Å²) in [4.78, 5) is 29.1. The fraction of sp³-hybridized carbons (Fsp3) is 0.267. The van der Waals surface area contributed by atoms with Crippen LogP contribution in [0, 0.1) is 0 Å². The van der Waals surface area contributed by atoms with Gasteiger partial charge in [-0.25, -0.2) is 9.78 Å². The van der Waals surface area contributed by atoms with Crippen molar-refractivity contribution in [1.82, 2.24) is 10.3 Å². The number of aromatic carboxylic acids is 1. The minimum absolute atomic E-state index is 0.0314. The highest BCUT2D eigenvalue weighted by atomic mass is 16.4. The molecule has 1 aliphatic rings. The Morgan fingerprint density at radius 2 is 2.00 bits per heavy atom. The average Bonchev–Trinajstić information content (AvgIpc) is 2.70. The molecule has 3 rings (SSSR count). The number of anilines is 1. The molecule has 0 unspecified atom stereocenters. The lowest BCUT2D eigenvalue weighted by molar-refractivity contribution is -0.120. The molecule has 0 aliphatic carbocycles. The topological polar surface area (TPSA) is 82.5 Å². The van der Waals surface area contributed by atoms with Gasteiger partial charge in [0.25, 0.3) is 0 Å². The first-order valence-electron chi connectivity index (χ1n) is 6.79. The van der Waals surface area contributed by atoms with Crippen molar-refractivity contribution in [2.75, 3.05) is 24.5 Å². The molecule has 108 valence electrons. The highest BCUT2D eigenvalue weighted by molar-refractivity contribution is 6.06. The van der Waals surface area contributed by atoms with Gasteiger partial charge in [0, 0.05) is 43.0 Å². The lowest BCUT2D eigenvalue weighted by atomic mass is 10.1. The molecule has 6 nitrogen and oxygen atoms in total. The van der Waals surface area contributed by atoms with E-state index in [1.54, 1.807) is 6.07 Å². The number of pyridine rings is 1. The van der Waals surface area contributed by atoms with Crippen LogP contribution in [0.5, 0.6) is 0 Å². The third-order valence-corrected chi connectivity index (χ3v) is 3.62. The zero-order chi connectivity index (χ0) is 14.8. The highest BCUT2D eigenvalue weighted by Crippen LogP contribution is 2.27. The number of nitrogens with one attached hydrogen (secondary N) is 1. The summed E-state index contributed by atoms with van der Waals surface area (Å²) >= 11 is 0. The van der Waals surface area contributed by atoms with Crippen LogP contribution in [-0.4, -0.2) is 41.6 Å². The van der Waals surface area contributed by atoms with Gasteiger partial charge in [0.05, 0.1) is 5.56 Å². The molecule has 2 N–H and O–H groups in total. The number of carbonyl (C=O) groups excluding carboxylic acids is 1. The molecule has 1 saturated heterocycles. The molecule has 6 heteroatoms. The monoisotopic (exact) mass is 285 g/mol. The Balaban J connectivity index is 2.09. The molecule has 1 aliphatic heterocycles. The van der Waals surface area contributed by atoms with E-state index < -0.39 is 5.97 Å². The first kappa shape index (κ1) is 13.4. The first-order chi connectivity index (χ1) is 10.2. The molecule has 2 heterocycles. The van der Waals surface area contributed by atoms with Gasteiger partial charge >= 0.3 is 5.97 Å². The van der Waals surface area contributed by atoms with E-state index in [1.165, 1.54) is 6.20 Å². The quantitative estimate of drug-likeness (QED) is 0.868. The lowest BCUT2D eigenvalue weighted by Gasteiger charge is -2.22. The van der Waals surface area contributed by atoms with Crippen molar-refractivity contribution in [3.8, 4) is 0 Å². The Kier molecular flexibility index (Phi) is 3.43. The summed E-state index contributed by atoms with van der Waals surface area (Å²) in [6.45, 7) is 1.81. The Labute approximate surface area is 121 Å². The van der Waals surface area contributed by atoms with Crippen molar-refractivity contribution in [3.63, 3.8) is 0 Å². The molecule has 0 spiro atoms. The third kappa shape index (κ3) is 2.52. The summed E-state index contributed by atoms with van der Waals surface area (Å²) in [5, 5.41) is 13.5. The number of hydrogen-bond donors (Lipinski definition) is 2. The van der Waals surface area contributed by atoms with Gasteiger partial charge in [-0.05, 0) is 0 Å². The number of carboxylic acids is 1. The summed E-state index contributed by atoms with van der Waals surface area (Å²) in [7, 11) is 0. The molecule has 1 amide bonds. The van der Waals surface area contributed by atoms with Crippen LogP contribution in [0.1, 0.15) is 16.8 Å². The van der Waals surface area contributed by atoms with Crippen LogP contribution in [-0.2, 0) is 4.79 Å². The van der Waals surface area contributed by atoms with Gasteiger partial charge in [-0.15, -0.1) is 0 Å². The van der Waals surface area contributed by atoms with Crippen molar-refractivity contribution in [2.24, 2.45) is 0 Å². The summed E-state index contributed by atoms with van der Waals surface area (Å²) < 4.78 is 0. The number of rotatable bonds is 2. The summed E-state index contributed by atoms with van der Waals surface area (Å²) in [5.41, 5.74) is 0.193. The number of fused-ring (bicyclic) bond motifs is 1. The molecule has 0 saturated carbocycles. The van der Waals surface area contributed by atoms with Crippen LogP contribution in [0.15, 0.2) is 30.5 Å². The summed E-state index contributed by atoms with van der Waals surface area (Å²) in [6, 6.07) is 7.32. The van der Waals surface area contributed by atoms with Gasteiger partial charge < -0.3 is 15.3 Å². The van der Waals surface area contributed by atoms with E-state index in [1.807, 2.05) is 23.1 Å². The third-order valence-electron chi connectivity index (χ3n) is 3.62. The fourth-order valence-electron chi connectivity index (χ4n) is 2.58. The zero-order valence-corrected chi connectivity index (χ0v) is 11.4. The molecule has 1 aromatic carbocycles. The molecular weight excluding hydrogens is 270 g/mol. The largest absolute Gasteiger partial charge is 0.478 e. The van der Waals surface area contributed by atoms with E-state index >= 15 is 0 Å². The van der Waals surface area contributed by atoms with Crippen molar-refractivity contribution in [3.05, 3.63) is 36.0 Å². The number of hydrogen-bond acceptors (Lipinski definition) is 4. The Hall–Kier alpha value is -2.63. The summed E-state index contributed by atoms with van der Waals surface area (Å²) in [6.07, 6.45) is 1.80. The average molecular weight is 285 g/mol. The molecule has 0 bridgehead atoms. The van der Waals surface area contributed by atoms with E-state index in [9.17, 15) is 14.7 Å². The molecule has 0 atom stereocenters. The number of carboxylic acid groups (broad SMARTS) is 1. The van der Waals surface area contributed by atoms with Gasteiger partial charge in [-0.1, -0.05) is 24.3 Å². The van der Waals surface area contributed by atoms with Crippen LogP contribution in [0.4, 0.5) is 5.82 Å². The normalized spacial score (nSPS) is 15.6. The molecule has 2 aromatic rings. The number of nitrogens with zero attached hydrogens (tertiary/aromatic N) is 2. The van der Waals surface area contributed by atoms with Crippen molar-refractivity contribution < 1.29 is 14.7 Å². The number of carbonyl (C=O) groups is 2. The van der Waals surface area contributed by atoms with Crippen LogP contribution >= 0.6 is 0 Å². The molecule has 0 radical (unpaired) electrons. The molecule has 1 fully saturated rings. The van der Waals surface area contributed by atoms with Gasteiger partial charge in [0.15, 0.2) is 0 Å². The van der Waals surface area contributed by atoms with E-state index in [4.69, 9.17) is 0 Å². The van der Waals surface area contributed by atoms with E-state index in [2.05, 4.69) is 10.3 Å². The second kappa shape index (κ2) is 5.40. The van der Waals surface area contributed by atoms with Gasteiger partial charge in [-0.2, -0.15) is 0 Å². The fourth-order valence-corrected chi connectivity index (χ4v) is 2.58. The smallest absolute Gasteiger partial charge is 0.337 e. The van der Waals surface area contributed by atoms with Crippen molar-refractivity contribution in [2.45, 2.75) is 6.42 Å². The first-order valence-corrected chi connectivity index (χ1v) is 6.79. The predicted molar refractivity (Wildman–Crippen MR) is 78.5 cm³/mol. The van der Waals surface area contributed by atoms with Crippen LogP contribution < -0.4 is 10.2 Å². The minimum atomic E-state index is -0.988. The second-order valence-electron chi connectivity index (χ2n) is 4.93. The maximum atomic E-state index is 11.4. The lowest BCUT2D eigenvalue weighted by Crippen LogP contribution is -2.29. The van der Waals surface area contributed by atoms with E-state index in [0.717, 1.165) is 11.2 Å². The predicted octanol–water partition coefficient (Wildman–Crippen LogP) is 1.26. The van der Waals surface area contributed by atoms with Gasteiger partial charge in [0.1, 0.15) is 5.82 Å². The Morgan fingerprint density at radius 1 is 1.24 bits per heavy atom. The number of aromatic nitrogens is 1. The van der Waals surface area contributed by atoms with E-state index in [0.29, 0.717) is 31.4 Å². The van der Waals surface area contributed by atoms with E-state index in [-0.39, 0.29) is 11.5 Å². The maximum absolute atomic E-state index is 11.4. The van der Waals surface area contributed by atoms with Crippen LogP contribution in [0.25, 0.3) is 10.8 Å². The van der Waals surface area contributed by atoms with Crippen molar-refractivity contribution in [1.29, 1.82) is 0 Å². The molecule has 1 aromatic heterocycles. The highest BCUT2D eigenvalue weighted by Gasteiger charge is 2.19. The van der Waals surface area contributed by atoms with Crippen LogP contribution in [0.3, 0.4) is 0 Å². The maximum Gasteiger partial charge on any atom is 0.337 e. The zero-order valence-electron chi connectivity index (χ0n) is 11.4. The summed E-state index contributed by atoms with van der Waals surface area (Å²) in [5.74, 6) is -0.228. The van der Waals surface area contributed by atoms with Crippen LogP contribution in [0.2, 0.25) is 0 Å².